The van der Waals surface area contributed by atoms with Gasteiger partial charge >= 0.3 is 0 Å². The predicted octanol–water partition coefficient (Wildman–Crippen LogP) is 3.39. The summed E-state index contributed by atoms with van der Waals surface area (Å²) in [7, 11) is -2.28. The molecule has 0 saturated heterocycles. The molecule has 0 heterocycles. The molecule has 8 heteroatoms. The van der Waals surface area contributed by atoms with Crippen LogP contribution in [0.25, 0.3) is 0 Å². The van der Waals surface area contributed by atoms with Crippen LogP contribution in [0.2, 0.25) is 10.0 Å². The standard InChI is InChI=1S/C13H12Cl2N2O3S/c1-20-9-4-2-8(3-5-9)17-21(18,19)10-6-11(14)13(16)12(15)7-10/h2-7,17H,16H2,1H3. The molecule has 2 aromatic carbocycles. The van der Waals surface area contributed by atoms with Gasteiger partial charge in [-0.2, -0.15) is 0 Å². The van der Waals surface area contributed by atoms with Crippen molar-refractivity contribution in [1.29, 1.82) is 0 Å². The molecule has 0 spiro atoms. The van der Waals surface area contributed by atoms with E-state index in [2.05, 4.69) is 4.72 Å². The van der Waals surface area contributed by atoms with Crippen molar-refractivity contribution in [3.63, 3.8) is 0 Å². The highest BCUT2D eigenvalue weighted by Crippen LogP contribution is 2.31. The third kappa shape index (κ3) is 3.53. The molecule has 0 radical (unpaired) electrons. The second kappa shape index (κ2) is 6.01. The van der Waals surface area contributed by atoms with Crippen molar-refractivity contribution in [3.05, 3.63) is 46.4 Å². The van der Waals surface area contributed by atoms with Gasteiger partial charge < -0.3 is 10.5 Å². The zero-order valence-electron chi connectivity index (χ0n) is 10.9. The number of ether oxygens (including phenoxy) is 1. The summed E-state index contributed by atoms with van der Waals surface area (Å²) in [5.41, 5.74) is 6.11. The highest BCUT2D eigenvalue weighted by molar-refractivity contribution is 7.92. The molecule has 2 aromatic rings. The SMILES string of the molecule is COc1ccc(NS(=O)(=O)c2cc(Cl)c(N)c(Cl)c2)cc1. The van der Waals surface area contributed by atoms with Crippen LogP contribution < -0.4 is 15.2 Å². The lowest BCUT2D eigenvalue weighted by molar-refractivity contribution is 0.415. The smallest absolute Gasteiger partial charge is 0.261 e. The topological polar surface area (TPSA) is 81.4 Å². The summed E-state index contributed by atoms with van der Waals surface area (Å²) < 4.78 is 32.0. The number of methoxy groups -OCH3 is 1. The second-order valence-corrected chi connectivity index (χ2v) is 6.63. The zero-order valence-corrected chi connectivity index (χ0v) is 13.3. The van der Waals surface area contributed by atoms with Gasteiger partial charge in [0.25, 0.3) is 10.0 Å². The molecule has 0 aliphatic carbocycles. The Bertz CT molecular complexity index is 738. The maximum atomic E-state index is 12.3. The summed E-state index contributed by atoms with van der Waals surface area (Å²) in [5.74, 6) is 0.622. The third-order valence-electron chi connectivity index (χ3n) is 2.71. The van der Waals surface area contributed by atoms with E-state index in [9.17, 15) is 8.42 Å². The van der Waals surface area contributed by atoms with Gasteiger partial charge in [-0.25, -0.2) is 8.42 Å². The molecule has 0 atom stereocenters. The first kappa shape index (κ1) is 15.8. The van der Waals surface area contributed by atoms with Crippen LogP contribution in [0.15, 0.2) is 41.3 Å². The number of rotatable bonds is 4. The van der Waals surface area contributed by atoms with Gasteiger partial charge in [0, 0.05) is 5.69 Å². The molecule has 0 unspecified atom stereocenters. The molecule has 0 bridgehead atoms. The van der Waals surface area contributed by atoms with Crippen LogP contribution in [-0.2, 0) is 10.0 Å². The highest BCUT2D eigenvalue weighted by atomic mass is 35.5. The van der Waals surface area contributed by atoms with Crippen molar-refractivity contribution in [2.24, 2.45) is 0 Å². The summed E-state index contributed by atoms with van der Waals surface area (Å²) in [6.45, 7) is 0. The quantitative estimate of drug-likeness (QED) is 0.831. The van der Waals surface area contributed by atoms with E-state index in [0.717, 1.165) is 0 Å². The first-order chi connectivity index (χ1) is 9.83. The molecule has 0 aliphatic rings. The van der Waals surface area contributed by atoms with E-state index in [4.69, 9.17) is 33.7 Å². The van der Waals surface area contributed by atoms with Gasteiger partial charge in [-0.05, 0) is 36.4 Å². The molecule has 112 valence electrons. The fourth-order valence-electron chi connectivity index (χ4n) is 1.59. The zero-order chi connectivity index (χ0) is 15.6. The van der Waals surface area contributed by atoms with Crippen LogP contribution in [0.1, 0.15) is 0 Å². The Morgan fingerprint density at radius 1 is 1.10 bits per heavy atom. The number of anilines is 2. The number of halogens is 2. The monoisotopic (exact) mass is 346 g/mol. The average molecular weight is 347 g/mol. The van der Waals surface area contributed by atoms with Gasteiger partial charge in [-0.15, -0.1) is 0 Å². The minimum Gasteiger partial charge on any atom is -0.497 e. The van der Waals surface area contributed by atoms with Gasteiger partial charge in [0.1, 0.15) is 5.75 Å². The van der Waals surface area contributed by atoms with Gasteiger partial charge in [0.05, 0.1) is 27.7 Å². The number of nitrogens with two attached hydrogens (primary N) is 1. The van der Waals surface area contributed by atoms with Crippen LogP contribution in [0, 0.1) is 0 Å². The number of sulfonamides is 1. The van der Waals surface area contributed by atoms with Crippen LogP contribution >= 0.6 is 23.2 Å². The highest BCUT2D eigenvalue weighted by Gasteiger charge is 2.17. The molecular weight excluding hydrogens is 335 g/mol. The number of nitrogens with one attached hydrogen (secondary N) is 1. The van der Waals surface area contributed by atoms with Crippen molar-refractivity contribution in [2.45, 2.75) is 4.90 Å². The largest absolute Gasteiger partial charge is 0.497 e. The van der Waals surface area contributed by atoms with E-state index >= 15 is 0 Å². The number of nitrogen functional groups attached to an aromatic ring is 1. The second-order valence-electron chi connectivity index (χ2n) is 4.13. The molecule has 0 amide bonds. The van der Waals surface area contributed by atoms with Gasteiger partial charge in [0.15, 0.2) is 0 Å². The first-order valence-electron chi connectivity index (χ1n) is 5.75. The van der Waals surface area contributed by atoms with Crippen LogP contribution in [0.4, 0.5) is 11.4 Å². The average Bonchev–Trinajstić information content (AvgIpc) is 2.44. The predicted molar refractivity (Wildman–Crippen MR) is 84.7 cm³/mol. The van der Waals surface area contributed by atoms with E-state index in [1.165, 1.54) is 19.2 Å². The van der Waals surface area contributed by atoms with Crippen molar-refractivity contribution in [3.8, 4) is 5.75 Å². The molecule has 0 fully saturated rings. The van der Waals surface area contributed by atoms with Crippen molar-refractivity contribution >= 4 is 44.6 Å². The molecule has 5 nitrogen and oxygen atoms in total. The summed E-state index contributed by atoms with van der Waals surface area (Å²) >= 11 is 11.7. The van der Waals surface area contributed by atoms with E-state index in [0.29, 0.717) is 11.4 Å². The van der Waals surface area contributed by atoms with E-state index in [1.54, 1.807) is 24.3 Å². The summed E-state index contributed by atoms with van der Waals surface area (Å²) in [4.78, 5) is -0.0671. The molecule has 3 N–H and O–H groups in total. The van der Waals surface area contributed by atoms with Crippen LogP contribution in [0.3, 0.4) is 0 Å². The Morgan fingerprint density at radius 2 is 1.62 bits per heavy atom. The van der Waals surface area contributed by atoms with Crippen molar-refractivity contribution < 1.29 is 13.2 Å². The Kier molecular flexibility index (Phi) is 4.51. The van der Waals surface area contributed by atoms with Crippen LogP contribution in [0.5, 0.6) is 5.75 Å². The van der Waals surface area contributed by atoms with E-state index < -0.39 is 10.0 Å². The maximum Gasteiger partial charge on any atom is 0.261 e. The molecular formula is C13H12Cl2N2O3S. The summed E-state index contributed by atoms with van der Waals surface area (Å²) in [6, 6.07) is 8.93. The molecule has 0 aromatic heterocycles. The molecule has 21 heavy (non-hydrogen) atoms. The van der Waals surface area contributed by atoms with E-state index in [-0.39, 0.29) is 20.6 Å². The summed E-state index contributed by atoms with van der Waals surface area (Å²) in [6.07, 6.45) is 0. The fourth-order valence-corrected chi connectivity index (χ4v) is 3.32. The van der Waals surface area contributed by atoms with Gasteiger partial charge in [-0.3, -0.25) is 4.72 Å². The minimum absolute atomic E-state index is 0.0671. The van der Waals surface area contributed by atoms with Gasteiger partial charge in [-0.1, -0.05) is 23.2 Å². The minimum atomic E-state index is -3.81. The van der Waals surface area contributed by atoms with Crippen molar-refractivity contribution in [2.75, 3.05) is 17.6 Å². The Labute approximate surface area is 132 Å². The third-order valence-corrected chi connectivity index (χ3v) is 4.69. The van der Waals surface area contributed by atoms with E-state index in [1.807, 2.05) is 0 Å². The Hall–Kier alpha value is -1.63. The fraction of sp³-hybridized carbons (Fsp3) is 0.0769. The molecule has 2 rings (SSSR count). The van der Waals surface area contributed by atoms with Crippen molar-refractivity contribution in [1.82, 2.24) is 0 Å². The lowest BCUT2D eigenvalue weighted by Gasteiger charge is -2.10. The number of hydrogen-bond acceptors (Lipinski definition) is 4. The molecule has 0 aliphatic heterocycles. The Balaban J connectivity index is 2.33. The lowest BCUT2D eigenvalue weighted by Crippen LogP contribution is -2.13. The number of hydrogen-bond donors (Lipinski definition) is 2. The van der Waals surface area contributed by atoms with Gasteiger partial charge in [0.2, 0.25) is 0 Å². The normalized spacial score (nSPS) is 11.2. The molecule has 0 saturated carbocycles. The first-order valence-corrected chi connectivity index (χ1v) is 7.99. The Morgan fingerprint density at radius 3 is 2.10 bits per heavy atom. The number of benzene rings is 2. The van der Waals surface area contributed by atoms with Crippen LogP contribution in [-0.4, -0.2) is 15.5 Å². The lowest BCUT2D eigenvalue weighted by atomic mass is 10.3. The maximum absolute atomic E-state index is 12.3. The summed E-state index contributed by atoms with van der Waals surface area (Å²) in [5, 5.41) is 0.162.